The van der Waals surface area contributed by atoms with Crippen molar-refractivity contribution >= 4 is 11.6 Å². The first kappa shape index (κ1) is 13.1. The molecular weight excluding hydrogens is 257 g/mol. The fourth-order valence-corrected chi connectivity index (χ4v) is 2.64. The molecule has 3 rings (SSSR count). The standard InChI is InChI=1S/C15H16FN3O/c16-11-3-6-14(10(8-11)9-17)19-7-1-2-13(15(19)20)18-12-4-5-12/h3,6,8,12-13,18H,1-2,4-5,7H2. The molecule has 104 valence electrons. The molecule has 5 heteroatoms. The molecule has 0 bridgehead atoms. The van der Waals surface area contributed by atoms with Crippen molar-refractivity contribution in [3.8, 4) is 6.07 Å². The zero-order valence-corrected chi connectivity index (χ0v) is 11.1. The van der Waals surface area contributed by atoms with Gasteiger partial charge in [-0.3, -0.25) is 4.79 Å². The lowest BCUT2D eigenvalue weighted by molar-refractivity contribution is -0.121. The van der Waals surface area contributed by atoms with Gasteiger partial charge in [0.25, 0.3) is 0 Å². The SMILES string of the molecule is N#Cc1cc(F)ccc1N1CCCC(NC2CC2)C1=O. The number of halogens is 1. The van der Waals surface area contributed by atoms with Crippen LogP contribution in [0.25, 0.3) is 0 Å². The summed E-state index contributed by atoms with van der Waals surface area (Å²) in [4.78, 5) is 14.1. The zero-order valence-electron chi connectivity index (χ0n) is 11.1. The van der Waals surface area contributed by atoms with E-state index < -0.39 is 5.82 Å². The van der Waals surface area contributed by atoms with Gasteiger partial charge < -0.3 is 10.2 Å². The Hall–Kier alpha value is -1.93. The van der Waals surface area contributed by atoms with Gasteiger partial charge in [-0.1, -0.05) is 0 Å². The summed E-state index contributed by atoms with van der Waals surface area (Å²) in [5.41, 5.74) is 0.728. The van der Waals surface area contributed by atoms with E-state index in [0.717, 1.165) is 25.7 Å². The first-order valence-electron chi connectivity index (χ1n) is 6.96. The third-order valence-electron chi connectivity index (χ3n) is 3.82. The minimum Gasteiger partial charge on any atom is -0.310 e. The van der Waals surface area contributed by atoms with E-state index in [-0.39, 0.29) is 17.5 Å². The number of rotatable bonds is 3. The molecule has 4 nitrogen and oxygen atoms in total. The summed E-state index contributed by atoms with van der Waals surface area (Å²) in [5, 5.41) is 12.5. The Balaban J connectivity index is 1.85. The summed E-state index contributed by atoms with van der Waals surface area (Å²) in [7, 11) is 0. The van der Waals surface area contributed by atoms with Crippen molar-refractivity contribution < 1.29 is 9.18 Å². The van der Waals surface area contributed by atoms with Crippen LogP contribution in [0, 0.1) is 17.1 Å². The quantitative estimate of drug-likeness (QED) is 0.915. The average Bonchev–Trinajstić information content (AvgIpc) is 3.25. The molecule has 0 spiro atoms. The van der Waals surface area contributed by atoms with Crippen LogP contribution >= 0.6 is 0 Å². The fourth-order valence-electron chi connectivity index (χ4n) is 2.64. The number of carbonyl (C=O) groups is 1. The second-order valence-corrected chi connectivity index (χ2v) is 5.40. The summed E-state index contributed by atoms with van der Waals surface area (Å²) in [6, 6.07) is 6.25. The van der Waals surface area contributed by atoms with Crippen LogP contribution < -0.4 is 10.2 Å². The van der Waals surface area contributed by atoms with E-state index in [9.17, 15) is 9.18 Å². The molecule has 1 saturated carbocycles. The minimum atomic E-state index is -0.456. The van der Waals surface area contributed by atoms with E-state index in [1.807, 2.05) is 6.07 Å². The molecule has 1 aliphatic carbocycles. The molecule has 1 aromatic rings. The van der Waals surface area contributed by atoms with E-state index in [1.165, 1.54) is 18.2 Å². The molecule has 1 heterocycles. The van der Waals surface area contributed by atoms with Gasteiger partial charge in [0.15, 0.2) is 0 Å². The first-order chi connectivity index (χ1) is 9.69. The Bertz CT molecular complexity index is 577. The van der Waals surface area contributed by atoms with Gasteiger partial charge in [0, 0.05) is 12.6 Å². The van der Waals surface area contributed by atoms with E-state index >= 15 is 0 Å². The molecule has 1 aromatic carbocycles. The lowest BCUT2D eigenvalue weighted by Crippen LogP contribution is -2.51. The van der Waals surface area contributed by atoms with E-state index in [4.69, 9.17) is 5.26 Å². The predicted octanol–water partition coefficient (Wildman–Crippen LogP) is 1.94. The van der Waals surface area contributed by atoms with Crippen LogP contribution in [0.1, 0.15) is 31.2 Å². The van der Waals surface area contributed by atoms with Gasteiger partial charge in [0.05, 0.1) is 17.3 Å². The number of hydrogen-bond acceptors (Lipinski definition) is 3. The van der Waals surface area contributed by atoms with Gasteiger partial charge in [-0.15, -0.1) is 0 Å². The molecule has 0 radical (unpaired) electrons. The van der Waals surface area contributed by atoms with Gasteiger partial charge in [-0.2, -0.15) is 5.26 Å². The number of hydrogen-bond donors (Lipinski definition) is 1. The summed E-state index contributed by atoms with van der Waals surface area (Å²) in [6.07, 6.45) is 3.97. The number of carbonyl (C=O) groups excluding carboxylic acids is 1. The van der Waals surface area contributed by atoms with Crippen molar-refractivity contribution in [2.24, 2.45) is 0 Å². The third-order valence-corrected chi connectivity index (χ3v) is 3.82. The van der Waals surface area contributed by atoms with Crippen LogP contribution in [0.4, 0.5) is 10.1 Å². The monoisotopic (exact) mass is 273 g/mol. The Morgan fingerprint density at radius 3 is 2.85 bits per heavy atom. The Morgan fingerprint density at radius 2 is 2.15 bits per heavy atom. The predicted molar refractivity (Wildman–Crippen MR) is 72.6 cm³/mol. The normalized spacial score (nSPS) is 22.7. The van der Waals surface area contributed by atoms with Crippen molar-refractivity contribution in [3.63, 3.8) is 0 Å². The van der Waals surface area contributed by atoms with Crippen molar-refractivity contribution in [3.05, 3.63) is 29.6 Å². The highest BCUT2D eigenvalue weighted by atomic mass is 19.1. The highest BCUT2D eigenvalue weighted by Gasteiger charge is 2.34. The lowest BCUT2D eigenvalue weighted by atomic mass is 10.0. The maximum Gasteiger partial charge on any atom is 0.244 e. The molecular formula is C15H16FN3O. The van der Waals surface area contributed by atoms with Crippen molar-refractivity contribution in [2.75, 3.05) is 11.4 Å². The number of anilines is 1. The number of benzene rings is 1. The van der Waals surface area contributed by atoms with Crippen LogP contribution in [-0.4, -0.2) is 24.5 Å². The van der Waals surface area contributed by atoms with Gasteiger partial charge in [0.2, 0.25) is 5.91 Å². The number of piperidine rings is 1. The molecule has 2 fully saturated rings. The van der Waals surface area contributed by atoms with Crippen molar-refractivity contribution in [1.29, 1.82) is 5.26 Å². The van der Waals surface area contributed by atoms with Crippen LogP contribution in [0.5, 0.6) is 0 Å². The summed E-state index contributed by atoms with van der Waals surface area (Å²) < 4.78 is 13.2. The maximum absolute atomic E-state index is 13.2. The third kappa shape index (κ3) is 2.52. The lowest BCUT2D eigenvalue weighted by Gasteiger charge is -2.33. The Kier molecular flexibility index (Phi) is 3.41. The molecule has 0 aromatic heterocycles. The van der Waals surface area contributed by atoms with Gasteiger partial charge in [0.1, 0.15) is 11.9 Å². The van der Waals surface area contributed by atoms with Crippen molar-refractivity contribution in [1.82, 2.24) is 5.32 Å². The maximum atomic E-state index is 13.2. The van der Waals surface area contributed by atoms with E-state index in [2.05, 4.69) is 5.32 Å². The molecule has 1 N–H and O–H groups in total. The summed E-state index contributed by atoms with van der Waals surface area (Å²) >= 11 is 0. The van der Waals surface area contributed by atoms with E-state index in [1.54, 1.807) is 4.90 Å². The molecule has 1 unspecified atom stereocenters. The molecule has 1 amide bonds. The average molecular weight is 273 g/mol. The molecule has 2 aliphatic rings. The number of nitrogens with one attached hydrogen (secondary N) is 1. The number of nitriles is 1. The van der Waals surface area contributed by atoms with Crippen LogP contribution in [0.2, 0.25) is 0 Å². The van der Waals surface area contributed by atoms with Crippen molar-refractivity contribution in [2.45, 2.75) is 37.8 Å². The van der Waals surface area contributed by atoms with Crippen LogP contribution in [0.15, 0.2) is 18.2 Å². The summed E-state index contributed by atoms with van der Waals surface area (Å²) in [6.45, 7) is 0.585. The second-order valence-electron chi connectivity index (χ2n) is 5.40. The van der Waals surface area contributed by atoms with Gasteiger partial charge in [-0.25, -0.2) is 4.39 Å². The highest BCUT2D eigenvalue weighted by Crippen LogP contribution is 2.27. The highest BCUT2D eigenvalue weighted by molar-refractivity contribution is 5.99. The Morgan fingerprint density at radius 1 is 1.35 bits per heavy atom. The first-order valence-corrected chi connectivity index (χ1v) is 6.96. The van der Waals surface area contributed by atoms with Crippen LogP contribution in [-0.2, 0) is 4.79 Å². The zero-order chi connectivity index (χ0) is 14.1. The largest absolute Gasteiger partial charge is 0.310 e. The van der Waals surface area contributed by atoms with E-state index in [0.29, 0.717) is 18.3 Å². The Labute approximate surface area is 117 Å². The minimum absolute atomic E-state index is 0.00809. The number of amides is 1. The summed E-state index contributed by atoms with van der Waals surface area (Å²) in [5.74, 6) is -0.464. The molecule has 20 heavy (non-hydrogen) atoms. The topological polar surface area (TPSA) is 56.1 Å². The van der Waals surface area contributed by atoms with Gasteiger partial charge >= 0.3 is 0 Å². The molecule has 1 atom stereocenters. The molecule has 1 saturated heterocycles. The fraction of sp³-hybridized carbons (Fsp3) is 0.467. The van der Waals surface area contributed by atoms with Crippen LogP contribution in [0.3, 0.4) is 0 Å². The second kappa shape index (κ2) is 5.22. The smallest absolute Gasteiger partial charge is 0.244 e. The molecule has 1 aliphatic heterocycles. The van der Waals surface area contributed by atoms with Gasteiger partial charge in [-0.05, 0) is 43.9 Å². The number of nitrogens with zero attached hydrogens (tertiary/aromatic N) is 2.